The summed E-state index contributed by atoms with van der Waals surface area (Å²) < 4.78 is 11.3. The zero-order valence-electron chi connectivity index (χ0n) is 14.4. The summed E-state index contributed by atoms with van der Waals surface area (Å²) in [5, 5.41) is 2.74. The fourth-order valence-electron chi connectivity index (χ4n) is 2.41. The normalized spacial score (nSPS) is 10.1. The maximum atomic E-state index is 12.7. The molecule has 27 heavy (non-hydrogen) atoms. The highest BCUT2D eigenvalue weighted by Gasteiger charge is 2.15. The van der Waals surface area contributed by atoms with E-state index >= 15 is 0 Å². The number of carbonyl (C=O) groups is 2. The van der Waals surface area contributed by atoms with Gasteiger partial charge in [-0.25, -0.2) is 4.79 Å². The molecule has 0 aliphatic heterocycles. The van der Waals surface area contributed by atoms with Gasteiger partial charge in [-0.15, -0.1) is 0 Å². The standard InChI is InChI=1S/C21H16BrNO4/c1-26-21(25)16-9-5-6-10-18(16)23-20(24)14-11-12-17(22)19(13-14)27-15-7-3-2-4-8-15/h2-13H,1H3,(H,23,24). The molecule has 0 radical (unpaired) electrons. The first-order valence-corrected chi connectivity index (χ1v) is 8.89. The lowest BCUT2D eigenvalue weighted by Crippen LogP contribution is -2.15. The van der Waals surface area contributed by atoms with E-state index in [1.54, 1.807) is 42.5 Å². The number of para-hydroxylation sites is 2. The second kappa shape index (κ2) is 8.51. The predicted octanol–water partition coefficient (Wildman–Crippen LogP) is 5.28. The van der Waals surface area contributed by atoms with Gasteiger partial charge in [-0.2, -0.15) is 0 Å². The molecule has 0 aliphatic rings. The Morgan fingerprint density at radius 3 is 2.37 bits per heavy atom. The highest BCUT2D eigenvalue weighted by Crippen LogP contribution is 2.31. The van der Waals surface area contributed by atoms with Gasteiger partial charge in [0.15, 0.2) is 0 Å². The summed E-state index contributed by atoms with van der Waals surface area (Å²) in [7, 11) is 1.29. The van der Waals surface area contributed by atoms with Crippen LogP contribution in [0.25, 0.3) is 0 Å². The van der Waals surface area contributed by atoms with E-state index in [1.807, 2.05) is 30.3 Å². The van der Waals surface area contributed by atoms with Gasteiger partial charge < -0.3 is 14.8 Å². The average Bonchev–Trinajstić information content (AvgIpc) is 2.70. The van der Waals surface area contributed by atoms with Crippen molar-refractivity contribution in [3.63, 3.8) is 0 Å². The van der Waals surface area contributed by atoms with Crippen LogP contribution in [0.15, 0.2) is 77.3 Å². The van der Waals surface area contributed by atoms with Crippen LogP contribution in [0, 0.1) is 0 Å². The van der Waals surface area contributed by atoms with E-state index in [4.69, 9.17) is 9.47 Å². The number of benzene rings is 3. The minimum absolute atomic E-state index is 0.284. The summed E-state index contributed by atoms with van der Waals surface area (Å²) >= 11 is 3.43. The summed E-state index contributed by atoms with van der Waals surface area (Å²) in [6, 6.07) is 21.0. The molecule has 0 unspecified atom stereocenters. The van der Waals surface area contributed by atoms with Crippen LogP contribution >= 0.6 is 15.9 Å². The molecule has 5 nitrogen and oxygen atoms in total. The first-order valence-electron chi connectivity index (χ1n) is 8.09. The average molecular weight is 426 g/mol. The molecule has 0 aromatic heterocycles. The Morgan fingerprint density at radius 2 is 1.63 bits per heavy atom. The van der Waals surface area contributed by atoms with E-state index in [9.17, 15) is 9.59 Å². The Labute approximate surface area is 165 Å². The zero-order chi connectivity index (χ0) is 19.2. The van der Waals surface area contributed by atoms with Gasteiger partial charge in [-0.1, -0.05) is 30.3 Å². The van der Waals surface area contributed by atoms with Crippen LogP contribution < -0.4 is 10.1 Å². The molecule has 3 aromatic rings. The van der Waals surface area contributed by atoms with E-state index in [-0.39, 0.29) is 11.5 Å². The highest BCUT2D eigenvalue weighted by molar-refractivity contribution is 9.10. The molecule has 0 saturated carbocycles. The lowest BCUT2D eigenvalue weighted by molar-refractivity contribution is 0.0602. The van der Waals surface area contributed by atoms with Gasteiger partial charge in [0, 0.05) is 5.56 Å². The van der Waals surface area contributed by atoms with Crippen LogP contribution in [-0.2, 0) is 4.74 Å². The van der Waals surface area contributed by atoms with Gasteiger partial charge in [0.2, 0.25) is 0 Å². The van der Waals surface area contributed by atoms with Crippen LogP contribution in [0.1, 0.15) is 20.7 Å². The number of nitrogens with one attached hydrogen (secondary N) is 1. The molecule has 1 amide bonds. The second-order valence-electron chi connectivity index (χ2n) is 5.55. The molecular weight excluding hydrogens is 410 g/mol. The van der Waals surface area contributed by atoms with Crippen molar-refractivity contribution in [3.05, 3.63) is 88.4 Å². The molecule has 136 valence electrons. The van der Waals surface area contributed by atoms with Crippen molar-refractivity contribution in [2.45, 2.75) is 0 Å². The summed E-state index contributed by atoms with van der Waals surface area (Å²) in [6.45, 7) is 0. The number of halogens is 1. The molecule has 0 bridgehead atoms. The summed E-state index contributed by atoms with van der Waals surface area (Å²) in [5.41, 5.74) is 1.05. The van der Waals surface area contributed by atoms with Crippen molar-refractivity contribution in [2.75, 3.05) is 12.4 Å². The molecule has 0 saturated heterocycles. The number of hydrogen-bond acceptors (Lipinski definition) is 4. The van der Waals surface area contributed by atoms with Crippen molar-refractivity contribution in [1.29, 1.82) is 0 Å². The Kier molecular flexibility index (Phi) is 5.88. The Morgan fingerprint density at radius 1 is 0.926 bits per heavy atom. The smallest absolute Gasteiger partial charge is 0.339 e. The van der Waals surface area contributed by atoms with Gasteiger partial charge in [-0.3, -0.25) is 4.79 Å². The molecule has 6 heteroatoms. The third-order valence-electron chi connectivity index (χ3n) is 3.74. The summed E-state index contributed by atoms with van der Waals surface area (Å²) in [6.07, 6.45) is 0. The topological polar surface area (TPSA) is 64.6 Å². The van der Waals surface area contributed by atoms with Gasteiger partial charge in [-0.05, 0) is 58.4 Å². The van der Waals surface area contributed by atoms with Crippen LogP contribution in [0.5, 0.6) is 11.5 Å². The maximum Gasteiger partial charge on any atom is 0.339 e. The molecule has 0 heterocycles. The number of anilines is 1. The second-order valence-corrected chi connectivity index (χ2v) is 6.41. The summed E-state index contributed by atoms with van der Waals surface area (Å²) in [4.78, 5) is 24.5. The van der Waals surface area contributed by atoms with E-state index in [1.165, 1.54) is 7.11 Å². The van der Waals surface area contributed by atoms with Crippen LogP contribution in [0.4, 0.5) is 5.69 Å². The minimum atomic E-state index is -0.519. The van der Waals surface area contributed by atoms with Gasteiger partial charge in [0.1, 0.15) is 11.5 Å². The van der Waals surface area contributed by atoms with E-state index in [0.717, 1.165) is 4.47 Å². The van der Waals surface area contributed by atoms with Crippen molar-refractivity contribution in [1.82, 2.24) is 0 Å². The number of carbonyl (C=O) groups excluding carboxylic acids is 2. The Hall–Kier alpha value is -3.12. The van der Waals surface area contributed by atoms with Crippen LogP contribution in [0.2, 0.25) is 0 Å². The Bertz CT molecular complexity index is 973. The van der Waals surface area contributed by atoms with Crippen molar-refractivity contribution in [2.24, 2.45) is 0 Å². The highest BCUT2D eigenvalue weighted by atomic mass is 79.9. The number of esters is 1. The zero-order valence-corrected chi connectivity index (χ0v) is 16.0. The molecule has 0 aliphatic carbocycles. The van der Waals surface area contributed by atoms with Crippen molar-refractivity contribution in [3.8, 4) is 11.5 Å². The third-order valence-corrected chi connectivity index (χ3v) is 4.40. The first kappa shape index (κ1) is 18.7. The first-order chi connectivity index (χ1) is 13.1. The molecule has 0 spiro atoms. The number of hydrogen-bond donors (Lipinski definition) is 1. The van der Waals surface area contributed by atoms with Crippen molar-refractivity contribution < 1.29 is 19.1 Å². The molecule has 3 aromatic carbocycles. The van der Waals surface area contributed by atoms with Gasteiger partial charge in [0.05, 0.1) is 22.8 Å². The number of ether oxygens (including phenoxy) is 2. The quantitative estimate of drug-likeness (QED) is 0.564. The van der Waals surface area contributed by atoms with Crippen molar-refractivity contribution >= 4 is 33.5 Å². The Balaban J connectivity index is 1.84. The molecule has 3 rings (SSSR count). The molecular formula is C21H16BrNO4. The number of rotatable bonds is 5. The fraction of sp³-hybridized carbons (Fsp3) is 0.0476. The maximum absolute atomic E-state index is 12.7. The van der Waals surface area contributed by atoms with E-state index < -0.39 is 5.97 Å². The number of methoxy groups -OCH3 is 1. The molecule has 0 atom stereocenters. The van der Waals surface area contributed by atoms with Crippen LogP contribution in [-0.4, -0.2) is 19.0 Å². The predicted molar refractivity (Wildman–Crippen MR) is 106 cm³/mol. The third kappa shape index (κ3) is 4.54. The van der Waals surface area contributed by atoms with Crippen LogP contribution in [0.3, 0.4) is 0 Å². The van der Waals surface area contributed by atoms with E-state index in [2.05, 4.69) is 21.2 Å². The van der Waals surface area contributed by atoms with E-state index in [0.29, 0.717) is 22.7 Å². The largest absolute Gasteiger partial charge is 0.465 e. The van der Waals surface area contributed by atoms with Gasteiger partial charge in [0.25, 0.3) is 5.91 Å². The van der Waals surface area contributed by atoms with Gasteiger partial charge >= 0.3 is 5.97 Å². The summed E-state index contributed by atoms with van der Waals surface area (Å²) in [5.74, 6) is 0.286. The lowest BCUT2D eigenvalue weighted by Gasteiger charge is -2.12. The SMILES string of the molecule is COC(=O)c1ccccc1NC(=O)c1ccc(Br)c(Oc2ccccc2)c1. The molecule has 1 N–H and O–H groups in total. The minimum Gasteiger partial charge on any atom is -0.465 e. The fourth-order valence-corrected chi connectivity index (χ4v) is 2.74. The number of amides is 1. The molecule has 0 fully saturated rings. The lowest BCUT2D eigenvalue weighted by atomic mass is 10.1. The monoisotopic (exact) mass is 425 g/mol.